The van der Waals surface area contributed by atoms with Crippen molar-refractivity contribution in [1.82, 2.24) is 19.9 Å². The van der Waals surface area contributed by atoms with E-state index in [2.05, 4.69) is 20.0 Å². The van der Waals surface area contributed by atoms with Gasteiger partial charge >= 0.3 is 12.4 Å². The van der Waals surface area contributed by atoms with Gasteiger partial charge < -0.3 is 10.1 Å². The largest absolute Gasteiger partial charge is 0.483 e. The number of nitrogens with one attached hydrogen (secondary N) is 1. The van der Waals surface area contributed by atoms with E-state index in [1.807, 2.05) is 0 Å². The second-order valence-corrected chi connectivity index (χ2v) is 6.65. The van der Waals surface area contributed by atoms with Gasteiger partial charge in [0, 0.05) is 12.4 Å². The number of hydrogen-bond acceptors (Lipinski definition) is 4. The highest BCUT2D eigenvalue weighted by Crippen LogP contribution is 2.34. The minimum Gasteiger partial charge on any atom is -0.483 e. The molecule has 0 aliphatic heterocycles. The van der Waals surface area contributed by atoms with E-state index in [4.69, 9.17) is 0 Å². The average molecular weight is 458 g/mol. The Labute approximate surface area is 177 Å². The van der Waals surface area contributed by atoms with Gasteiger partial charge in [-0.25, -0.2) is 4.98 Å². The van der Waals surface area contributed by atoms with Gasteiger partial charge in [0.15, 0.2) is 6.61 Å². The van der Waals surface area contributed by atoms with Crippen LogP contribution in [0.4, 0.5) is 26.3 Å². The first-order valence-electron chi connectivity index (χ1n) is 9.12. The molecule has 0 spiro atoms. The number of ether oxygens (including phenoxy) is 1. The Morgan fingerprint density at radius 2 is 1.81 bits per heavy atom. The zero-order chi connectivity index (χ0) is 23.5. The second kappa shape index (κ2) is 8.89. The SMILES string of the molecule is CC(NC(=O)c1nccn1-c1ccccc1C(F)(F)F)c1ccc(OCC(F)(F)F)cn1. The van der Waals surface area contributed by atoms with E-state index in [0.717, 1.165) is 16.8 Å². The van der Waals surface area contributed by atoms with Crippen molar-refractivity contribution >= 4 is 5.91 Å². The molecule has 1 N–H and O–H groups in total. The van der Waals surface area contributed by atoms with Crippen molar-refractivity contribution in [3.8, 4) is 11.4 Å². The molecular formula is C20H16F6N4O2. The Morgan fingerprint density at radius 3 is 2.44 bits per heavy atom. The summed E-state index contributed by atoms with van der Waals surface area (Å²) in [7, 11) is 0. The van der Waals surface area contributed by atoms with E-state index < -0.39 is 36.5 Å². The van der Waals surface area contributed by atoms with Gasteiger partial charge in [-0.2, -0.15) is 26.3 Å². The monoisotopic (exact) mass is 458 g/mol. The number of nitrogens with zero attached hydrogens (tertiary/aromatic N) is 3. The molecule has 3 rings (SSSR count). The molecule has 1 unspecified atom stereocenters. The number of hydrogen-bond donors (Lipinski definition) is 1. The highest BCUT2D eigenvalue weighted by Gasteiger charge is 2.34. The lowest BCUT2D eigenvalue weighted by molar-refractivity contribution is -0.153. The average Bonchev–Trinajstić information content (AvgIpc) is 3.21. The predicted octanol–water partition coefficient (Wildman–Crippen LogP) is 4.72. The summed E-state index contributed by atoms with van der Waals surface area (Å²) in [5.41, 5.74) is -0.901. The molecule has 3 aromatic rings. The summed E-state index contributed by atoms with van der Waals surface area (Å²) < 4.78 is 82.2. The number of alkyl halides is 6. The number of aromatic nitrogens is 3. The molecule has 1 amide bonds. The Balaban J connectivity index is 1.75. The molecule has 12 heteroatoms. The first-order valence-corrected chi connectivity index (χ1v) is 9.12. The molecule has 170 valence electrons. The number of para-hydroxylation sites is 1. The molecule has 1 atom stereocenters. The Bertz CT molecular complexity index is 1080. The maximum Gasteiger partial charge on any atom is 0.422 e. The number of rotatable bonds is 6. The maximum absolute atomic E-state index is 13.3. The standard InChI is InChI=1S/C20H16F6N4O2/c1-12(15-7-6-13(10-28-15)32-11-19(21,22)23)29-18(31)17-27-8-9-30(17)16-5-3-2-4-14(16)20(24,25)26/h2-10,12H,11H2,1H3,(H,29,31). The van der Waals surface area contributed by atoms with Gasteiger partial charge in [-0.15, -0.1) is 0 Å². The fourth-order valence-electron chi connectivity index (χ4n) is 2.82. The molecule has 0 bridgehead atoms. The van der Waals surface area contributed by atoms with E-state index in [1.54, 1.807) is 6.92 Å². The molecule has 2 aromatic heterocycles. The van der Waals surface area contributed by atoms with E-state index in [1.165, 1.54) is 42.7 Å². The lowest BCUT2D eigenvalue weighted by Crippen LogP contribution is -2.30. The molecule has 1 aromatic carbocycles. The number of benzene rings is 1. The van der Waals surface area contributed by atoms with E-state index in [9.17, 15) is 31.1 Å². The van der Waals surface area contributed by atoms with Gasteiger partial charge in [-0.3, -0.25) is 14.3 Å². The molecule has 0 aliphatic carbocycles. The summed E-state index contributed by atoms with van der Waals surface area (Å²) in [5, 5.41) is 2.56. The molecular weight excluding hydrogens is 442 g/mol. The molecule has 2 heterocycles. The van der Waals surface area contributed by atoms with Crippen LogP contribution in [-0.4, -0.2) is 33.2 Å². The first kappa shape index (κ1) is 23.1. The topological polar surface area (TPSA) is 69.0 Å². The molecule has 0 saturated carbocycles. The van der Waals surface area contributed by atoms with Crippen molar-refractivity contribution in [3.05, 3.63) is 72.1 Å². The van der Waals surface area contributed by atoms with Gasteiger partial charge in [-0.05, 0) is 31.2 Å². The van der Waals surface area contributed by atoms with Crippen molar-refractivity contribution in [3.63, 3.8) is 0 Å². The fraction of sp³-hybridized carbons (Fsp3) is 0.250. The lowest BCUT2D eigenvalue weighted by Gasteiger charge is -2.17. The number of pyridine rings is 1. The van der Waals surface area contributed by atoms with Crippen LogP contribution in [0.15, 0.2) is 55.0 Å². The van der Waals surface area contributed by atoms with Gasteiger partial charge in [0.2, 0.25) is 5.82 Å². The number of halogens is 6. The Morgan fingerprint density at radius 1 is 1.09 bits per heavy atom. The van der Waals surface area contributed by atoms with Crippen molar-refractivity contribution in [2.45, 2.75) is 25.3 Å². The molecule has 6 nitrogen and oxygen atoms in total. The minimum absolute atomic E-state index is 0.107. The normalized spacial score (nSPS) is 13.0. The third kappa shape index (κ3) is 5.56. The summed E-state index contributed by atoms with van der Waals surface area (Å²) in [5.74, 6) is -1.15. The number of imidazole rings is 1. The Hall–Kier alpha value is -3.57. The van der Waals surface area contributed by atoms with Crippen molar-refractivity contribution in [2.75, 3.05) is 6.61 Å². The molecule has 32 heavy (non-hydrogen) atoms. The molecule has 0 fully saturated rings. The zero-order valence-corrected chi connectivity index (χ0v) is 16.4. The van der Waals surface area contributed by atoms with Gasteiger partial charge in [0.25, 0.3) is 5.91 Å². The predicted molar refractivity (Wildman–Crippen MR) is 100 cm³/mol. The van der Waals surface area contributed by atoms with Gasteiger partial charge in [-0.1, -0.05) is 12.1 Å². The zero-order valence-electron chi connectivity index (χ0n) is 16.4. The summed E-state index contributed by atoms with van der Waals surface area (Å²) in [6, 6.07) is 6.65. The Kier molecular flexibility index (Phi) is 6.42. The summed E-state index contributed by atoms with van der Waals surface area (Å²) >= 11 is 0. The van der Waals surface area contributed by atoms with Gasteiger partial charge in [0.05, 0.1) is 29.2 Å². The second-order valence-electron chi connectivity index (χ2n) is 6.65. The quantitative estimate of drug-likeness (QED) is 0.543. The van der Waals surface area contributed by atoms with Crippen LogP contribution in [0.1, 0.15) is 34.8 Å². The highest BCUT2D eigenvalue weighted by atomic mass is 19.4. The molecule has 0 radical (unpaired) electrons. The lowest BCUT2D eigenvalue weighted by atomic mass is 10.1. The van der Waals surface area contributed by atoms with Crippen LogP contribution in [0.2, 0.25) is 0 Å². The van der Waals surface area contributed by atoms with E-state index in [0.29, 0.717) is 5.69 Å². The highest BCUT2D eigenvalue weighted by molar-refractivity contribution is 5.91. The molecule has 0 saturated heterocycles. The van der Waals surface area contributed by atoms with Crippen LogP contribution < -0.4 is 10.1 Å². The van der Waals surface area contributed by atoms with Crippen LogP contribution in [0.3, 0.4) is 0 Å². The van der Waals surface area contributed by atoms with Crippen LogP contribution in [-0.2, 0) is 6.18 Å². The van der Waals surface area contributed by atoms with Crippen molar-refractivity contribution in [2.24, 2.45) is 0 Å². The maximum atomic E-state index is 13.3. The smallest absolute Gasteiger partial charge is 0.422 e. The summed E-state index contributed by atoms with van der Waals surface area (Å²) in [6.07, 6.45) is -5.63. The van der Waals surface area contributed by atoms with Crippen molar-refractivity contribution < 1.29 is 35.9 Å². The third-order valence-electron chi connectivity index (χ3n) is 4.27. The fourth-order valence-corrected chi connectivity index (χ4v) is 2.82. The number of amides is 1. The summed E-state index contributed by atoms with van der Waals surface area (Å²) in [6.45, 7) is 0.0792. The molecule has 0 aliphatic rings. The number of carbonyl (C=O) groups excluding carboxylic acids is 1. The van der Waals surface area contributed by atoms with Crippen LogP contribution in [0, 0.1) is 0 Å². The summed E-state index contributed by atoms with van der Waals surface area (Å²) in [4.78, 5) is 20.5. The van der Waals surface area contributed by atoms with Crippen LogP contribution in [0.5, 0.6) is 5.75 Å². The first-order chi connectivity index (χ1) is 15.0. The van der Waals surface area contributed by atoms with Gasteiger partial charge in [0.1, 0.15) is 5.75 Å². The third-order valence-corrected chi connectivity index (χ3v) is 4.27. The minimum atomic E-state index is -4.64. The number of carbonyl (C=O) groups is 1. The van der Waals surface area contributed by atoms with Crippen LogP contribution >= 0.6 is 0 Å². The van der Waals surface area contributed by atoms with E-state index >= 15 is 0 Å². The van der Waals surface area contributed by atoms with Crippen LogP contribution in [0.25, 0.3) is 5.69 Å². The van der Waals surface area contributed by atoms with Crippen molar-refractivity contribution in [1.29, 1.82) is 0 Å². The van der Waals surface area contributed by atoms with E-state index in [-0.39, 0.29) is 17.3 Å².